The van der Waals surface area contributed by atoms with Crippen LogP contribution in [-0.2, 0) is 4.42 Å². The van der Waals surface area contributed by atoms with Gasteiger partial charge in [-0.25, -0.2) is 0 Å². The largest absolute Gasteiger partial charge is 0.482 e. The maximum atomic E-state index is 5.05. The first-order chi connectivity index (χ1) is 10.4. The third kappa shape index (κ3) is 5.32. The molecule has 0 spiro atoms. The summed E-state index contributed by atoms with van der Waals surface area (Å²) in [5.41, 5.74) is 0. The van der Waals surface area contributed by atoms with Crippen molar-refractivity contribution in [1.82, 2.24) is 5.32 Å². The molecule has 2 aromatic rings. The minimum absolute atomic E-state index is 0.284. The number of rotatable bonds is 8. The van der Waals surface area contributed by atoms with Crippen molar-refractivity contribution in [3.05, 3.63) is 60.7 Å². The minimum Gasteiger partial charge on any atom is -0.482 e. The van der Waals surface area contributed by atoms with Crippen molar-refractivity contribution in [2.45, 2.75) is 13.3 Å². The highest BCUT2D eigenvalue weighted by molar-refractivity contribution is 7.73. The van der Waals surface area contributed by atoms with Crippen LogP contribution >= 0.6 is 7.92 Å². The molecule has 0 heterocycles. The zero-order chi connectivity index (χ0) is 14.8. The predicted molar refractivity (Wildman–Crippen MR) is 92.8 cm³/mol. The van der Waals surface area contributed by atoms with E-state index < -0.39 is 0 Å². The Hall–Kier alpha value is -1.66. The molecule has 2 aromatic carbocycles. The maximum Gasteiger partial charge on any atom is 0.217 e. The van der Waals surface area contributed by atoms with Crippen LogP contribution in [0.4, 0.5) is 0 Å². The van der Waals surface area contributed by atoms with Crippen molar-refractivity contribution in [1.29, 1.82) is 0 Å². The Labute approximate surface area is 128 Å². The molecule has 0 radical (unpaired) electrons. The molecular weight excluding hydrogens is 277 g/mol. The molecule has 0 saturated heterocycles. The van der Waals surface area contributed by atoms with Crippen molar-refractivity contribution < 1.29 is 4.42 Å². The molecule has 0 fully saturated rings. The fraction of sp³-hybridized carbons (Fsp3) is 0.278. The molecule has 21 heavy (non-hydrogen) atoms. The lowest BCUT2D eigenvalue weighted by atomic mass is 10.4. The lowest BCUT2D eigenvalue weighted by Crippen LogP contribution is -2.18. The van der Waals surface area contributed by atoms with E-state index in [0.29, 0.717) is 6.61 Å². The van der Waals surface area contributed by atoms with Gasteiger partial charge in [0.1, 0.15) is 0 Å². The van der Waals surface area contributed by atoms with E-state index in [4.69, 9.17) is 4.42 Å². The van der Waals surface area contributed by atoms with E-state index in [-0.39, 0.29) is 7.92 Å². The summed E-state index contributed by atoms with van der Waals surface area (Å²) in [6.07, 6.45) is 5.02. The van der Waals surface area contributed by atoms with E-state index in [2.05, 4.69) is 72.4 Å². The lowest BCUT2D eigenvalue weighted by molar-refractivity contribution is 0.118. The van der Waals surface area contributed by atoms with Gasteiger partial charge in [0.2, 0.25) is 6.61 Å². The smallest absolute Gasteiger partial charge is 0.217 e. The van der Waals surface area contributed by atoms with Crippen LogP contribution in [0.15, 0.2) is 60.7 Å². The summed E-state index contributed by atoms with van der Waals surface area (Å²) < 4.78 is 5.05. The van der Waals surface area contributed by atoms with Crippen LogP contribution in [0, 0.1) is 0 Å². The number of hydrogen-bond acceptors (Lipinski definition) is 0. The minimum atomic E-state index is -0.284. The Kier molecular flexibility index (Phi) is 6.97. The SMILES string of the molecule is CC[O+]=[C-]NCCCP(c1ccccc1)c1ccccc1. The van der Waals surface area contributed by atoms with E-state index >= 15 is 0 Å². The highest BCUT2D eigenvalue weighted by Crippen LogP contribution is 2.33. The molecule has 2 nitrogen and oxygen atoms in total. The molecular formula is C18H22NOP. The second kappa shape index (κ2) is 9.31. The van der Waals surface area contributed by atoms with Crippen molar-refractivity contribution >= 4 is 24.9 Å². The molecule has 110 valence electrons. The molecule has 0 atom stereocenters. The molecule has 0 aliphatic carbocycles. The lowest BCUT2D eigenvalue weighted by Gasteiger charge is -2.19. The van der Waals surface area contributed by atoms with E-state index in [0.717, 1.165) is 13.0 Å². The summed E-state index contributed by atoms with van der Waals surface area (Å²) >= 11 is 0. The third-order valence-corrected chi connectivity index (χ3v) is 5.71. The van der Waals surface area contributed by atoms with Crippen LogP contribution in [0.5, 0.6) is 0 Å². The van der Waals surface area contributed by atoms with Gasteiger partial charge in [0.15, 0.2) is 0 Å². The van der Waals surface area contributed by atoms with Gasteiger partial charge in [-0.05, 0) is 37.7 Å². The molecule has 1 amide bonds. The van der Waals surface area contributed by atoms with Crippen LogP contribution < -0.4 is 15.9 Å². The molecule has 0 aliphatic heterocycles. The molecule has 1 N–H and O–H groups in total. The third-order valence-electron chi connectivity index (χ3n) is 3.11. The average Bonchev–Trinajstić information content (AvgIpc) is 2.56. The van der Waals surface area contributed by atoms with E-state index in [9.17, 15) is 0 Å². The van der Waals surface area contributed by atoms with Crippen LogP contribution in [0.2, 0.25) is 0 Å². The molecule has 0 saturated carbocycles. The highest BCUT2D eigenvalue weighted by Gasteiger charge is 2.12. The molecule has 3 heteroatoms. The number of hydrogen-bond donors (Lipinski definition) is 1. The molecule has 0 aromatic heterocycles. The summed E-state index contributed by atoms with van der Waals surface area (Å²) in [6.45, 7) is 3.52. The molecule has 0 unspecified atom stereocenters. The number of nitrogens with one attached hydrogen (secondary N) is 1. The first-order valence-electron chi connectivity index (χ1n) is 7.39. The van der Waals surface area contributed by atoms with Gasteiger partial charge < -0.3 is 9.74 Å². The molecule has 0 aliphatic rings. The summed E-state index contributed by atoms with van der Waals surface area (Å²) in [6, 6.07) is 21.6. The van der Waals surface area contributed by atoms with Crippen molar-refractivity contribution in [2.24, 2.45) is 0 Å². The molecule has 2 rings (SSSR count). The van der Waals surface area contributed by atoms with Crippen LogP contribution in [0.25, 0.3) is 0 Å². The molecule has 0 bridgehead atoms. The number of carbonyl (C=O) groups excluding carboxylic acids is 1. The van der Waals surface area contributed by atoms with Crippen molar-refractivity contribution in [3.63, 3.8) is 0 Å². The normalized spacial score (nSPS) is 11.1. The predicted octanol–water partition coefficient (Wildman–Crippen LogP) is 2.72. The van der Waals surface area contributed by atoms with Gasteiger partial charge in [0.25, 0.3) is 0 Å². The summed E-state index contributed by atoms with van der Waals surface area (Å²) in [5, 5.41) is 5.97. The Balaban J connectivity index is 1.99. The average molecular weight is 299 g/mol. The van der Waals surface area contributed by atoms with Gasteiger partial charge in [-0.2, -0.15) is 0 Å². The maximum absolute atomic E-state index is 5.05. The van der Waals surface area contributed by atoms with Crippen LogP contribution in [0.3, 0.4) is 0 Å². The second-order valence-electron chi connectivity index (χ2n) is 4.64. The zero-order valence-electron chi connectivity index (χ0n) is 12.5. The van der Waals surface area contributed by atoms with E-state index in [1.54, 1.807) is 0 Å². The fourth-order valence-corrected chi connectivity index (χ4v) is 4.48. The first-order valence-corrected chi connectivity index (χ1v) is 8.92. The quantitative estimate of drug-likeness (QED) is 0.255. The van der Waals surface area contributed by atoms with Gasteiger partial charge >= 0.3 is 0 Å². The van der Waals surface area contributed by atoms with E-state index in [1.165, 1.54) is 16.8 Å². The summed E-state index contributed by atoms with van der Waals surface area (Å²) in [4.78, 5) is 0. The van der Waals surface area contributed by atoms with Gasteiger partial charge in [0, 0.05) is 6.92 Å². The number of amides is 1. The Morgan fingerprint density at radius 2 is 1.52 bits per heavy atom. The standard InChI is InChI=1S/C18H22NOP/c1-2-20-16-19-14-9-15-21(17-10-5-3-6-11-17)18-12-7-4-8-13-18/h3-8,10-13,19H,2,9,14-15H2,1H3. The first kappa shape index (κ1) is 15.7. The van der Waals surface area contributed by atoms with Crippen LogP contribution in [-0.4, -0.2) is 25.7 Å². The second-order valence-corrected chi connectivity index (χ2v) is 6.97. The highest BCUT2D eigenvalue weighted by atomic mass is 31.1. The van der Waals surface area contributed by atoms with Gasteiger partial charge in [-0.15, -0.1) is 0 Å². The Morgan fingerprint density at radius 1 is 0.952 bits per heavy atom. The topological polar surface area (TPSA) is 23.3 Å². The van der Waals surface area contributed by atoms with Gasteiger partial charge in [0.05, 0.1) is 6.41 Å². The van der Waals surface area contributed by atoms with Gasteiger partial charge in [-0.3, -0.25) is 0 Å². The summed E-state index contributed by atoms with van der Waals surface area (Å²) in [7, 11) is -0.284. The van der Waals surface area contributed by atoms with Crippen LogP contribution in [0.1, 0.15) is 13.3 Å². The Morgan fingerprint density at radius 3 is 2.05 bits per heavy atom. The fourth-order valence-electron chi connectivity index (χ4n) is 2.12. The summed E-state index contributed by atoms with van der Waals surface area (Å²) in [5.74, 6) is 0. The number of benzene rings is 2. The van der Waals surface area contributed by atoms with Gasteiger partial charge in [-0.1, -0.05) is 60.7 Å². The monoisotopic (exact) mass is 299 g/mol. The zero-order valence-corrected chi connectivity index (χ0v) is 13.4. The Bertz CT molecular complexity index is 488. The van der Waals surface area contributed by atoms with E-state index in [1.807, 2.05) is 6.92 Å². The van der Waals surface area contributed by atoms with Crippen molar-refractivity contribution in [3.8, 4) is 0 Å². The van der Waals surface area contributed by atoms with Crippen molar-refractivity contribution in [2.75, 3.05) is 19.3 Å².